The van der Waals surface area contributed by atoms with Crippen LogP contribution in [0, 0.1) is 0 Å². The topological polar surface area (TPSA) is 66.6 Å². The van der Waals surface area contributed by atoms with Gasteiger partial charge in [-0.1, -0.05) is 23.7 Å². The highest BCUT2D eigenvalue weighted by atomic mass is 35.5. The quantitative estimate of drug-likeness (QED) is 0.834. The monoisotopic (exact) mass is 268 g/mol. The minimum absolute atomic E-state index is 0.00298. The Kier molecular flexibility index (Phi) is 4.22. The van der Waals surface area contributed by atoms with E-state index < -0.39 is 6.10 Å². The molecule has 1 aliphatic heterocycles. The van der Waals surface area contributed by atoms with Gasteiger partial charge in [-0.25, -0.2) is 0 Å². The zero-order chi connectivity index (χ0) is 13.1. The summed E-state index contributed by atoms with van der Waals surface area (Å²) in [5.41, 5.74) is 6.59. The fourth-order valence-electron chi connectivity index (χ4n) is 2.11. The van der Waals surface area contributed by atoms with E-state index >= 15 is 0 Å². The highest BCUT2D eigenvalue weighted by Crippen LogP contribution is 2.14. The molecule has 1 aliphatic rings. The molecule has 1 aromatic carbocycles. The molecule has 1 aromatic rings. The van der Waals surface area contributed by atoms with Crippen molar-refractivity contribution in [1.82, 2.24) is 4.90 Å². The normalized spacial score (nSPS) is 24.1. The lowest BCUT2D eigenvalue weighted by Gasteiger charge is -2.34. The SMILES string of the molecule is N[C@H]1CCN(C(=O)Cc2cccc(Cl)c2)C[C@@H]1O. The number of piperidine rings is 1. The summed E-state index contributed by atoms with van der Waals surface area (Å²) in [4.78, 5) is 13.7. The second kappa shape index (κ2) is 5.69. The summed E-state index contributed by atoms with van der Waals surface area (Å²) in [6, 6.07) is 7.03. The van der Waals surface area contributed by atoms with Gasteiger partial charge >= 0.3 is 0 Å². The number of β-amino-alcohol motifs (C(OH)–C–C–N with tert-alkyl or cyclic N) is 1. The van der Waals surface area contributed by atoms with Crippen LogP contribution in [0.5, 0.6) is 0 Å². The van der Waals surface area contributed by atoms with Crippen molar-refractivity contribution in [3.63, 3.8) is 0 Å². The van der Waals surface area contributed by atoms with Gasteiger partial charge < -0.3 is 15.7 Å². The molecule has 3 N–H and O–H groups in total. The third-order valence-electron chi connectivity index (χ3n) is 3.23. The summed E-state index contributed by atoms with van der Waals surface area (Å²) in [5.74, 6) is 0.00298. The minimum atomic E-state index is -0.623. The maximum Gasteiger partial charge on any atom is 0.227 e. The van der Waals surface area contributed by atoms with Crippen LogP contribution < -0.4 is 5.73 Å². The number of aliphatic hydroxyl groups excluding tert-OH is 1. The van der Waals surface area contributed by atoms with E-state index in [-0.39, 0.29) is 11.9 Å². The summed E-state index contributed by atoms with van der Waals surface area (Å²) in [6.45, 7) is 0.929. The molecular formula is C13H17ClN2O2. The lowest BCUT2D eigenvalue weighted by Crippen LogP contribution is -2.52. The molecule has 1 fully saturated rings. The van der Waals surface area contributed by atoms with E-state index in [4.69, 9.17) is 17.3 Å². The predicted octanol–water partition coefficient (Wildman–Crippen LogP) is 0.803. The largest absolute Gasteiger partial charge is 0.390 e. The molecule has 0 unspecified atom stereocenters. The van der Waals surface area contributed by atoms with Crippen molar-refractivity contribution in [3.05, 3.63) is 34.9 Å². The van der Waals surface area contributed by atoms with E-state index in [1.807, 2.05) is 12.1 Å². The summed E-state index contributed by atoms with van der Waals surface area (Å²) >= 11 is 5.87. The summed E-state index contributed by atoms with van der Waals surface area (Å²) in [5, 5.41) is 10.3. The third-order valence-corrected chi connectivity index (χ3v) is 3.47. The number of hydrogen-bond acceptors (Lipinski definition) is 3. The molecule has 2 atom stereocenters. The first kappa shape index (κ1) is 13.3. The van der Waals surface area contributed by atoms with Crippen LogP contribution in [-0.2, 0) is 11.2 Å². The van der Waals surface area contributed by atoms with Gasteiger partial charge in [0.2, 0.25) is 5.91 Å². The standard InChI is InChI=1S/C13H17ClN2O2/c14-10-3-1-2-9(6-10)7-13(18)16-5-4-11(15)12(17)8-16/h1-3,6,11-12,17H,4-5,7-8,15H2/t11-,12-/m0/s1. The van der Waals surface area contributed by atoms with Crippen LogP contribution in [0.4, 0.5) is 0 Å². The van der Waals surface area contributed by atoms with Crippen molar-refractivity contribution < 1.29 is 9.90 Å². The van der Waals surface area contributed by atoms with Crippen LogP contribution in [0.1, 0.15) is 12.0 Å². The number of rotatable bonds is 2. The molecule has 1 amide bonds. The molecule has 1 heterocycles. The molecule has 0 saturated carbocycles. The Hall–Kier alpha value is -1.10. The first-order chi connectivity index (χ1) is 8.56. The first-order valence-corrected chi connectivity index (χ1v) is 6.40. The molecule has 1 saturated heterocycles. The van der Waals surface area contributed by atoms with Crippen LogP contribution >= 0.6 is 11.6 Å². The number of likely N-dealkylation sites (tertiary alicyclic amines) is 1. The van der Waals surface area contributed by atoms with Crippen molar-refractivity contribution in [2.75, 3.05) is 13.1 Å². The Morgan fingerprint density at radius 1 is 1.56 bits per heavy atom. The second-order valence-corrected chi connectivity index (χ2v) is 5.10. The summed E-state index contributed by atoms with van der Waals surface area (Å²) < 4.78 is 0. The molecule has 0 spiro atoms. The van der Waals surface area contributed by atoms with Crippen molar-refractivity contribution in [2.24, 2.45) is 5.73 Å². The Balaban J connectivity index is 1.96. The third kappa shape index (κ3) is 3.22. The molecule has 2 rings (SSSR count). The van der Waals surface area contributed by atoms with E-state index in [0.717, 1.165) is 5.56 Å². The number of halogens is 1. The Labute approximate surface area is 111 Å². The van der Waals surface area contributed by atoms with E-state index in [0.29, 0.717) is 31.0 Å². The van der Waals surface area contributed by atoms with Gasteiger partial charge in [0.05, 0.1) is 12.5 Å². The van der Waals surface area contributed by atoms with Gasteiger partial charge in [0.1, 0.15) is 0 Å². The molecule has 98 valence electrons. The number of carbonyl (C=O) groups excluding carboxylic acids is 1. The zero-order valence-electron chi connectivity index (χ0n) is 10.1. The maximum absolute atomic E-state index is 12.1. The van der Waals surface area contributed by atoms with E-state index in [1.165, 1.54) is 0 Å². The maximum atomic E-state index is 12.1. The van der Waals surface area contributed by atoms with E-state index in [2.05, 4.69) is 0 Å². The molecule has 0 bridgehead atoms. The molecule has 4 nitrogen and oxygen atoms in total. The lowest BCUT2D eigenvalue weighted by molar-refractivity contribution is -0.133. The van der Waals surface area contributed by atoms with Gasteiger partial charge in [-0.05, 0) is 24.1 Å². The number of amides is 1. The molecular weight excluding hydrogens is 252 g/mol. The number of aliphatic hydroxyl groups is 1. The highest BCUT2D eigenvalue weighted by Gasteiger charge is 2.27. The number of nitrogens with zero attached hydrogens (tertiary/aromatic N) is 1. The van der Waals surface area contributed by atoms with Crippen LogP contribution in [-0.4, -0.2) is 41.1 Å². The van der Waals surface area contributed by atoms with E-state index in [9.17, 15) is 9.90 Å². The lowest BCUT2D eigenvalue weighted by atomic mass is 10.0. The smallest absolute Gasteiger partial charge is 0.227 e. The van der Waals surface area contributed by atoms with Gasteiger partial charge in [0.25, 0.3) is 0 Å². The average Bonchev–Trinajstić information content (AvgIpc) is 2.32. The fraction of sp³-hybridized carbons (Fsp3) is 0.462. The minimum Gasteiger partial charge on any atom is -0.390 e. The average molecular weight is 269 g/mol. The second-order valence-electron chi connectivity index (χ2n) is 4.67. The molecule has 0 radical (unpaired) electrons. The Morgan fingerprint density at radius 2 is 2.33 bits per heavy atom. The van der Waals surface area contributed by atoms with Crippen LogP contribution in [0.2, 0.25) is 5.02 Å². The number of carbonyl (C=O) groups is 1. The fourth-order valence-corrected chi connectivity index (χ4v) is 2.32. The number of nitrogens with two attached hydrogens (primary N) is 1. The predicted molar refractivity (Wildman–Crippen MR) is 70.3 cm³/mol. The number of benzene rings is 1. The summed E-state index contributed by atoms with van der Waals surface area (Å²) in [7, 11) is 0. The summed E-state index contributed by atoms with van der Waals surface area (Å²) in [6.07, 6.45) is 0.326. The molecule has 18 heavy (non-hydrogen) atoms. The van der Waals surface area contributed by atoms with E-state index in [1.54, 1.807) is 17.0 Å². The van der Waals surface area contributed by atoms with Gasteiger partial charge in [-0.2, -0.15) is 0 Å². The van der Waals surface area contributed by atoms with Crippen molar-refractivity contribution in [2.45, 2.75) is 25.0 Å². The highest BCUT2D eigenvalue weighted by molar-refractivity contribution is 6.30. The number of hydrogen-bond donors (Lipinski definition) is 2. The molecule has 5 heteroatoms. The van der Waals surface area contributed by atoms with Crippen LogP contribution in [0.15, 0.2) is 24.3 Å². The van der Waals surface area contributed by atoms with Gasteiger partial charge in [-0.3, -0.25) is 4.79 Å². The Morgan fingerprint density at radius 3 is 3.00 bits per heavy atom. The van der Waals surface area contributed by atoms with Crippen molar-refractivity contribution in [1.29, 1.82) is 0 Å². The Bertz CT molecular complexity index is 439. The van der Waals surface area contributed by atoms with Crippen LogP contribution in [0.3, 0.4) is 0 Å². The first-order valence-electron chi connectivity index (χ1n) is 6.02. The van der Waals surface area contributed by atoms with Gasteiger partial charge in [0, 0.05) is 24.2 Å². The van der Waals surface area contributed by atoms with Crippen LogP contribution in [0.25, 0.3) is 0 Å². The zero-order valence-corrected chi connectivity index (χ0v) is 10.8. The molecule has 0 aliphatic carbocycles. The molecule has 0 aromatic heterocycles. The van der Waals surface area contributed by atoms with Crippen molar-refractivity contribution in [3.8, 4) is 0 Å². The van der Waals surface area contributed by atoms with Gasteiger partial charge in [0.15, 0.2) is 0 Å². The van der Waals surface area contributed by atoms with Crippen molar-refractivity contribution >= 4 is 17.5 Å². The van der Waals surface area contributed by atoms with Gasteiger partial charge in [-0.15, -0.1) is 0 Å².